The van der Waals surface area contributed by atoms with Gasteiger partial charge < -0.3 is 4.67 Å². The summed E-state index contributed by atoms with van der Waals surface area (Å²) in [7, 11) is 0. The number of aliphatic imine (C=N–C) groups is 1. The van der Waals surface area contributed by atoms with Crippen molar-refractivity contribution >= 4 is 35.1 Å². The number of amidine groups is 1. The summed E-state index contributed by atoms with van der Waals surface area (Å²) in [6, 6.07) is 21.3. The van der Waals surface area contributed by atoms with Gasteiger partial charge in [0.05, 0.1) is 16.7 Å². The van der Waals surface area contributed by atoms with E-state index in [0.29, 0.717) is 6.04 Å². The van der Waals surface area contributed by atoms with Gasteiger partial charge in [0.2, 0.25) is 0 Å². The third kappa shape index (κ3) is 3.29. The Balaban J connectivity index is 1.83. The maximum atomic E-state index is 6.72. The smallest absolute Gasteiger partial charge is 0.169 e. The van der Waals surface area contributed by atoms with E-state index in [1.165, 1.54) is 12.8 Å². The van der Waals surface area contributed by atoms with Gasteiger partial charge in [-0.2, -0.15) is 5.10 Å². The maximum absolute atomic E-state index is 6.72. The first-order chi connectivity index (χ1) is 15.1. The van der Waals surface area contributed by atoms with E-state index in [2.05, 4.69) is 72.6 Å². The highest BCUT2D eigenvalue weighted by atomic mass is 32.4. The van der Waals surface area contributed by atoms with Crippen LogP contribution in [0.4, 0.5) is 5.82 Å². The molecular weight excluding hydrogens is 421 g/mol. The zero-order valence-electron chi connectivity index (χ0n) is 18.3. The zero-order valence-corrected chi connectivity index (χ0v) is 20.0. The van der Waals surface area contributed by atoms with Crippen molar-refractivity contribution in [3.63, 3.8) is 0 Å². The quantitative estimate of drug-likeness (QED) is 0.496. The molecule has 0 N–H and O–H groups in total. The Hall–Kier alpha value is -2.27. The van der Waals surface area contributed by atoms with Gasteiger partial charge in [0.1, 0.15) is 12.2 Å². The number of fused-ring (bicyclic) bond motifs is 1. The minimum absolute atomic E-state index is 0.456. The Labute approximate surface area is 189 Å². The third-order valence-electron chi connectivity index (χ3n) is 6.06. The third-order valence-corrected chi connectivity index (χ3v) is 11.4. The van der Waals surface area contributed by atoms with E-state index in [1.807, 2.05) is 22.9 Å². The first-order valence-corrected chi connectivity index (χ1v) is 13.7. The Morgan fingerprint density at radius 2 is 1.61 bits per heavy atom. The van der Waals surface area contributed by atoms with E-state index >= 15 is 0 Å². The first kappa shape index (κ1) is 20.6. The van der Waals surface area contributed by atoms with Crippen LogP contribution in [0.25, 0.3) is 5.69 Å². The molecule has 3 aromatic rings. The Morgan fingerprint density at radius 3 is 2.19 bits per heavy atom. The molecule has 160 valence electrons. The second-order valence-corrected chi connectivity index (χ2v) is 12.1. The van der Waals surface area contributed by atoms with Crippen LogP contribution in [-0.4, -0.2) is 44.1 Å². The van der Waals surface area contributed by atoms with Gasteiger partial charge >= 0.3 is 0 Å². The molecule has 1 fully saturated rings. The monoisotopic (exact) mass is 449 g/mol. The van der Waals surface area contributed by atoms with Crippen molar-refractivity contribution in [1.82, 2.24) is 19.1 Å². The van der Waals surface area contributed by atoms with E-state index in [0.717, 1.165) is 47.0 Å². The van der Waals surface area contributed by atoms with E-state index < -0.39 is 6.34 Å². The predicted molar refractivity (Wildman–Crippen MR) is 133 cm³/mol. The van der Waals surface area contributed by atoms with Crippen LogP contribution in [0, 0.1) is 6.92 Å². The predicted octanol–water partition coefficient (Wildman–Crippen LogP) is 5.01. The number of hydrogen-bond acceptors (Lipinski definition) is 3. The fourth-order valence-corrected chi connectivity index (χ4v) is 9.93. The van der Waals surface area contributed by atoms with Crippen LogP contribution in [0.3, 0.4) is 0 Å². The summed E-state index contributed by atoms with van der Waals surface area (Å²) in [4.78, 5) is 5.28. The lowest BCUT2D eigenvalue weighted by Gasteiger charge is -2.46. The van der Waals surface area contributed by atoms with Gasteiger partial charge in [-0.15, -0.1) is 0 Å². The summed E-state index contributed by atoms with van der Waals surface area (Å²) < 4.78 is 6.99. The van der Waals surface area contributed by atoms with Gasteiger partial charge in [0.15, 0.2) is 5.82 Å². The standard InChI is InChI=1S/C24H28N5PS/c1-4-27(5-2)30(31)22-18(3)26-28(20-14-10-7-11-15-20)24(22)25-23(29(30)21-16-17-21)19-12-8-6-9-13-19/h6-15,21H,4-5,16-17H2,1-3H3/t30-/m0/s1. The summed E-state index contributed by atoms with van der Waals surface area (Å²) >= 11 is 6.72. The molecule has 0 spiro atoms. The average molecular weight is 450 g/mol. The van der Waals surface area contributed by atoms with Crippen molar-refractivity contribution in [1.29, 1.82) is 0 Å². The first-order valence-electron chi connectivity index (χ1n) is 11.0. The van der Waals surface area contributed by atoms with E-state index in [9.17, 15) is 0 Å². The molecule has 31 heavy (non-hydrogen) atoms. The maximum Gasteiger partial charge on any atom is 0.169 e. The highest BCUT2D eigenvalue weighted by molar-refractivity contribution is 8.16. The van der Waals surface area contributed by atoms with Gasteiger partial charge in [-0.3, -0.25) is 4.67 Å². The second kappa shape index (κ2) is 8.01. The van der Waals surface area contributed by atoms with Crippen LogP contribution in [0.1, 0.15) is 37.9 Å². The molecule has 5 rings (SSSR count). The average Bonchev–Trinajstić information content (AvgIpc) is 3.57. The van der Waals surface area contributed by atoms with Crippen molar-refractivity contribution < 1.29 is 0 Å². The van der Waals surface area contributed by atoms with Gasteiger partial charge in [-0.05, 0) is 31.9 Å². The van der Waals surface area contributed by atoms with Crippen LogP contribution in [0.2, 0.25) is 0 Å². The summed E-state index contributed by atoms with van der Waals surface area (Å²) in [5.41, 5.74) is 3.14. The molecule has 5 nitrogen and oxygen atoms in total. The van der Waals surface area contributed by atoms with Crippen LogP contribution in [0.5, 0.6) is 0 Å². The van der Waals surface area contributed by atoms with Crippen LogP contribution in [0.15, 0.2) is 65.7 Å². The molecule has 0 bridgehead atoms. The number of nitrogens with zero attached hydrogens (tertiary/aromatic N) is 5. The molecule has 1 saturated carbocycles. The largest absolute Gasteiger partial charge is 0.310 e. The minimum Gasteiger partial charge on any atom is -0.310 e. The normalized spacial score (nSPS) is 20.6. The van der Waals surface area contributed by atoms with Crippen molar-refractivity contribution in [3.8, 4) is 5.69 Å². The summed E-state index contributed by atoms with van der Waals surface area (Å²) in [6.45, 7) is 8.35. The van der Waals surface area contributed by atoms with Crippen LogP contribution in [-0.2, 0) is 11.8 Å². The topological polar surface area (TPSA) is 36.7 Å². The molecule has 2 aromatic carbocycles. The molecule has 1 aliphatic heterocycles. The number of benzene rings is 2. The molecule has 0 amide bonds. The highest BCUT2D eigenvalue weighted by Crippen LogP contribution is 2.61. The summed E-state index contributed by atoms with van der Waals surface area (Å²) in [6.07, 6.45) is 0.0564. The number of aryl methyl sites for hydroxylation is 1. The number of hydrogen-bond donors (Lipinski definition) is 0. The molecule has 0 unspecified atom stereocenters. The minimum atomic E-state index is -2.29. The Bertz CT molecular complexity index is 1160. The lowest BCUT2D eigenvalue weighted by atomic mass is 10.2. The molecule has 7 heteroatoms. The molecule has 2 aliphatic rings. The summed E-state index contributed by atoms with van der Waals surface area (Å²) in [5, 5.41) is 6.12. The van der Waals surface area contributed by atoms with Crippen molar-refractivity contribution in [2.75, 3.05) is 13.1 Å². The van der Waals surface area contributed by atoms with Crippen molar-refractivity contribution in [2.45, 2.75) is 39.7 Å². The number of rotatable bonds is 6. The number of para-hydroxylation sites is 1. The molecule has 0 radical (unpaired) electrons. The molecule has 2 heterocycles. The fraction of sp³-hybridized carbons (Fsp3) is 0.333. The molecule has 1 atom stereocenters. The van der Waals surface area contributed by atoms with Gasteiger partial charge in [-0.1, -0.05) is 74.2 Å². The summed E-state index contributed by atoms with van der Waals surface area (Å²) in [5.74, 6) is 1.90. The number of aromatic nitrogens is 2. The molecule has 1 aliphatic carbocycles. The van der Waals surface area contributed by atoms with Crippen LogP contribution >= 0.6 is 6.34 Å². The lowest BCUT2D eigenvalue weighted by Crippen LogP contribution is -2.44. The van der Waals surface area contributed by atoms with E-state index in [-0.39, 0.29) is 0 Å². The molecule has 0 saturated heterocycles. The van der Waals surface area contributed by atoms with Crippen molar-refractivity contribution in [3.05, 3.63) is 71.9 Å². The van der Waals surface area contributed by atoms with Crippen molar-refractivity contribution in [2.24, 2.45) is 4.99 Å². The van der Waals surface area contributed by atoms with Gasteiger partial charge in [-0.25, -0.2) is 9.67 Å². The Morgan fingerprint density at radius 1 is 1.00 bits per heavy atom. The Kier molecular flexibility index (Phi) is 5.33. The van der Waals surface area contributed by atoms with Gasteiger partial charge in [0.25, 0.3) is 0 Å². The highest BCUT2D eigenvalue weighted by Gasteiger charge is 2.49. The van der Waals surface area contributed by atoms with E-state index in [1.54, 1.807) is 0 Å². The zero-order chi connectivity index (χ0) is 21.6. The molecular formula is C24H28N5PS. The van der Waals surface area contributed by atoms with Crippen LogP contribution < -0.4 is 5.30 Å². The lowest BCUT2D eigenvalue weighted by molar-refractivity contribution is 0.471. The fourth-order valence-electron chi connectivity index (χ4n) is 4.47. The van der Waals surface area contributed by atoms with Gasteiger partial charge in [0, 0.05) is 24.7 Å². The van der Waals surface area contributed by atoms with E-state index in [4.69, 9.17) is 21.9 Å². The second-order valence-electron chi connectivity index (χ2n) is 8.07. The molecule has 1 aromatic heterocycles. The SMILES string of the molecule is CCN(CC)[P@@]1(=S)c2c(C)nn(-c3ccccc3)c2N=C(c2ccccc2)N1C1CC1.